The Morgan fingerprint density at radius 3 is 3.05 bits per heavy atom. The van der Waals surface area contributed by atoms with Crippen LogP contribution in [0.1, 0.15) is 16.1 Å². The highest BCUT2D eigenvalue weighted by atomic mass is 79.9. The summed E-state index contributed by atoms with van der Waals surface area (Å²) in [6.45, 7) is 1.75. The summed E-state index contributed by atoms with van der Waals surface area (Å²) in [5.74, 6) is 0.648. The van der Waals surface area contributed by atoms with E-state index in [1.165, 1.54) is 10.7 Å². The van der Waals surface area contributed by atoms with Gasteiger partial charge in [-0.2, -0.15) is 5.10 Å². The molecule has 7 nitrogen and oxygen atoms in total. The molecule has 0 saturated carbocycles. The Hall–Kier alpha value is -2.22. The average molecular weight is 322 g/mol. The molecule has 0 bridgehead atoms. The Bertz CT molecular complexity index is 763. The van der Waals surface area contributed by atoms with Gasteiger partial charge in [-0.25, -0.2) is 9.50 Å². The first-order valence-electron chi connectivity index (χ1n) is 5.37. The third-order valence-electron chi connectivity index (χ3n) is 2.44. The second-order valence-corrected chi connectivity index (χ2v) is 4.79. The van der Waals surface area contributed by atoms with E-state index in [2.05, 4.69) is 36.5 Å². The molecular weight excluding hydrogens is 314 g/mol. The van der Waals surface area contributed by atoms with Crippen LogP contribution < -0.4 is 5.32 Å². The van der Waals surface area contributed by atoms with Crippen molar-refractivity contribution in [2.45, 2.75) is 6.92 Å². The SMILES string of the molecule is Cc1cc(NC(=O)c2cnn3cc(Br)cnc23)no1. The fraction of sp³-hybridized carbons (Fsp3) is 0.0909. The number of fused-ring (bicyclic) bond motifs is 1. The van der Waals surface area contributed by atoms with Gasteiger partial charge in [0.1, 0.15) is 11.3 Å². The fourth-order valence-electron chi connectivity index (χ4n) is 1.62. The molecule has 8 heteroatoms. The zero-order valence-electron chi connectivity index (χ0n) is 9.79. The van der Waals surface area contributed by atoms with Gasteiger partial charge in [0.2, 0.25) is 0 Å². The van der Waals surface area contributed by atoms with Crippen molar-refractivity contribution in [2.24, 2.45) is 0 Å². The number of halogens is 1. The molecule has 0 unspecified atom stereocenters. The second-order valence-electron chi connectivity index (χ2n) is 3.88. The summed E-state index contributed by atoms with van der Waals surface area (Å²) >= 11 is 3.29. The molecule has 3 aromatic rings. The second kappa shape index (κ2) is 4.47. The molecule has 96 valence electrons. The van der Waals surface area contributed by atoms with Crippen molar-refractivity contribution < 1.29 is 9.32 Å². The zero-order chi connectivity index (χ0) is 13.4. The highest BCUT2D eigenvalue weighted by Gasteiger charge is 2.15. The molecule has 1 amide bonds. The Morgan fingerprint density at radius 1 is 1.47 bits per heavy atom. The molecule has 3 aromatic heterocycles. The molecule has 0 radical (unpaired) electrons. The number of nitrogens with one attached hydrogen (secondary N) is 1. The van der Waals surface area contributed by atoms with Gasteiger partial charge in [-0.1, -0.05) is 5.16 Å². The van der Waals surface area contributed by atoms with Gasteiger partial charge in [-0.3, -0.25) is 4.79 Å². The molecule has 0 aliphatic rings. The lowest BCUT2D eigenvalue weighted by Gasteiger charge is -1.99. The van der Waals surface area contributed by atoms with E-state index < -0.39 is 0 Å². The van der Waals surface area contributed by atoms with E-state index in [0.717, 1.165) is 4.47 Å². The van der Waals surface area contributed by atoms with Crippen LogP contribution >= 0.6 is 15.9 Å². The molecule has 0 spiro atoms. The first-order chi connectivity index (χ1) is 9.13. The fourth-order valence-corrected chi connectivity index (χ4v) is 1.92. The predicted octanol–water partition coefficient (Wildman–Crippen LogP) is 2.04. The number of amides is 1. The Labute approximate surface area is 115 Å². The maximum Gasteiger partial charge on any atom is 0.262 e. The van der Waals surface area contributed by atoms with Gasteiger partial charge in [-0.15, -0.1) is 0 Å². The van der Waals surface area contributed by atoms with Crippen LogP contribution in [0.4, 0.5) is 5.82 Å². The largest absolute Gasteiger partial charge is 0.360 e. The topological polar surface area (TPSA) is 85.3 Å². The third kappa shape index (κ3) is 2.22. The molecule has 0 saturated heterocycles. The van der Waals surface area contributed by atoms with Crippen LogP contribution in [-0.2, 0) is 0 Å². The Balaban J connectivity index is 1.93. The summed E-state index contributed by atoms with van der Waals surface area (Å²) in [5, 5.41) is 10.4. The minimum atomic E-state index is -0.335. The zero-order valence-corrected chi connectivity index (χ0v) is 11.4. The number of aryl methyl sites for hydroxylation is 1. The Morgan fingerprint density at radius 2 is 2.32 bits per heavy atom. The normalized spacial score (nSPS) is 10.8. The highest BCUT2D eigenvalue weighted by Crippen LogP contribution is 2.14. The smallest absolute Gasteiger partial charge is 0.262 e. The van der Waals surface area contributed by atoms with Crippen molar-refractivity contribution in [3.05, 3.63) is 40.5 Å². The van der Waals surface area contributed by atoms with E-state index in [9.17, 15) is 4.79 Å². The average Bonchev–Trinajstić information content (AvgIpc) is 2.95. The number of aromatic nitrogens is 4. The van der Waals surface area contributed by atoms with Gasteiger partial charge in [0.25, 0.3) is 5.91 Å². The minimum absolute atomic E-state index is 0.335. The van der Waals surface area contributed by atoms with E-state index in [1.54, 1.807) is 25.4 Å². The minimum Gasteiger partial charge on any atom is -0.360 e. The third-order valence-corrected chi connectivity index (χ3v) is 2.85. The summed E-state index contributed by atoms with van der Waals surface area (Å²) < 4.78 is 7.18. The Kier molecular flexibility index (Phi) is 2.79. The van der Waals surface area contributed by atoms with Crippen molar-refractivity contribution in [2.75, 3.05) is 5.32 Å². The van der Waals surface area contributed by atoms with E-state index >= 15 is 0 Å². The maximum absolute atomic E-state index is 12.1. The van der Waals surface area contributed by atoms with Crippen molar-refractivity contribution in [3.8, 4) is 0 Å². The number of carbonyl (C=O) groups is 1. The summed E-state index contributed by atoms with van der Waals surface area (Å²) in [6.07, 6.45) is 4.78. The number of anilines is 1. The van der Waals surface area contributed by atoms with Crippen LogP contribution in [0.2, 0.25) is 0 Å². The van der Waals surface area contributed by atoms with E-state index in [0.29, 0.717) is 22.8 Å². The summed E-state index contributed by atoms with van der Waals surface area (Å²) in [4.78, 5) is 16.2. The quantitative estimate of drug-likeness (QED) is 0.780. The number of hydrogen-bond acceptors (Lipinski definition) is 5. The van der Waals surface area contributed by atoms with Crippen LogP contribution in [-0.4, -0.2) is 25.7 Å². The molecule has 1 N–H and O–H groups in total. The van der Waals surface area contributed by atoms with Crippen LogP contribution in [0.3, 0.4) is 0 Å². The standard InChI is InChI=1S/C11H8BrN5O2/c1-6-2-9(16-19-6)15-11(18)8-4-14-17-5-7(12)3-13-10(8)17/h2-5H,1H3,(H,15,16,18). The molecule has 0 aliphatic heterocycles. The molecule has 3 heterocycles. The number of rotatable bonds is 2. The molecule has 0 aromatic carbocycles. The lowest BCUT2D eigenvalue weighted by Crippen LogP contribution is -2.12. The number of carbonyl (C=O) groups excluding carboxylic acids is 1. The monoisotopic (exact) mass is 321 g/mol. The van der Waals surface area contributed by atoms with Crippen LogP contribution in [0.25, 0.3) is 5.65 Å². The number of hydrogen-bond donors (Lipinski definition) is 1. The van der Waals surface area contributed by atoms with Crippen LogP contribution in [0.5, 0.6) is 0 Å². The molecule has 19 heavy (non-hydrogen) atoms. The molecular formula is C11H8BrN5O2. The molecule has 0 atom stereocenters. The van der Waals surface area contributed by atoms with Crippen molar-refractivity contribution in [3.63, 3.8) is 0 Å². The number of nitrogens with zero attached hydrogens (tertiary/aromatic N) is 4. The highest BCUT2D eigenvalue weighted by molar-refractivity contribution is 9.10. The predicted molar refractivity (Wildman–Crippen MR) is 69.9 cm³/mol. The molecule has 0 aliphatic carbocycles. The van der Waals surface area contributed by atoms with Gasteiger partial charge >= 0.3 is 0 Å². The van der Waals surface area contributed by atoms with Crippen molar-refractivity contribution in [1.82, 2.24) is 19.8 Å². The van der Waals surface area contributed by atoms with Gasteiger partial charge in [0.05, 0.1) is 10.7 Å². The van der Waals surface area contributed by atoms with Crippen molar-refractivity contribution >= 4 is 33.3 Å². The van der Waals surface area contributed by atoms with E-state index in [-0.39, 0.29) is 5.91 Å². The first kappa shape index (κ1) is 11.8. The van der Waals surface area contributed by atoms with Gasteiger partial charge in [-0.05, 0) is 22.9 Å². The van der Waals surface area contributed by atoms with Gasteiger partial charge < -0.3 is 9.84 Å². The van der Waals surface area contributed by atoms with Crippen LogP contribution in [0.15, 0.2) is 33.7 Å². The van der Waals surface area contributed by atoms with E-state index in [4.69, 9.17) is 4.52 Å². The van der Waals surface area contributed by atoms with E-state index in [1.807, 2.05) is 0 Å². The van der Waals surface area contributed by atoms with Gasteiger partial charge in [0.15, 0.2) is 11.5 Å². The lowest BCUT2D eigenvalue weighted by atomic mass is 10.3. The molecule has 0 fully saturated rings. The lowest BCUT2D eigenvalue weighted by molar-refractivity contribution is 0.102. The summed E-state index contributed by atoms with van der Waals surface area (Å²) in [6, 6.07) is 1.63. The summed E-state index contributed by atoms with van der Waals surface area (Å²) in [5.41, 5.74) is 0.842. The molecule has 3 rings (SSSR count). The first-order valence-corrected chi connectivity index (χ1v) is 6.16. The van der Waals surface area contributed by atoms with Crippen LogP contribution in [0, 0.1) is 6.92 Å². The maximum atomic E-state index is 12.1. The van der Waals surface area contributed by atoms with Crippen molar-refractivity contribution in [1.29, 1.82) is 0 Å². The summed E-state index contributed by atoms with van der Waals surface area (Å²) in [7, 11) is 0. The van der Waals surface area contributed by atoms with Gasteiger partial charge in [0, 0.05) is 18.5 Å².